The molecule has 0 bridgehead atoms. The average molecular weight is 605 g/mol. The van der Waals surface area contributed by atoms with Gasteiger partial charge in [0.2, 0.25) is 5.91 Å². The maximum absolute atomic E-state index is 13.8. The number of nitrogens with zero attached hydrogens (tertiary/aromatic N) is 7. The van der Waals surface area contributed by atoms with Crippen molar-refractivity contribution in [1.29, 1.82) is 0 Å². The first-order valence-electron chi connectivity index (χ1n) is 13.5. The average Bonchev–Trinajstić information content (AvgIpc) is 3.54. The zero-order valence-electron chi connectivity index (χ0n) is 23.1. The number of nitrogens with one attached hydrogen (secondary N) is 1. The van der Waals surface area contributed by atoms with E-state index in [2.05, 4.69) is 25.2 Å². The lowest BCUT2D eigenvalue weighted by atomic mass is 9.77. The lowest BCUT2D eigenvalue weighted by Crippen LogP contribution is -2.46. The van der Waals surface area contributed by atoms with Crippen molar-refractivity contribution in [2.24, 2.45) is 0 Å². The van der Waals surface area contributed by atoms with Crippen LogP contribution < -0.4 is 10.2 Å². The van der Waals surface area contributed by atoms with Crippen LogP contribution in [0.4, 0.5) is 38.0 Å². The molecule has 15 heteroatoms. The van der Waals surface area contributed by atoms with Gasteiger partial charge in [-0.15, -0.1) is 0 Å². The van der Waals surface area contributed by atoms with Crippen LogP contribution in [0, 0.1) is 5.82 Å². The Hall–Kier alpha value is -4.27. The number of likely N-dealkylation sites (N-methyl/N-ethyl adjacent to an activating group) is 1. The first-order chi connectivity index (χ1) is 20.3. The molecule has 1 atom stereocenters. The van der Waals surface area contributed by atoms with Crippen molar-refractivity contribution in [3.63, 3.8) is 0 Å². The van der Waals surface area contributed by atoms with E-state index in [0.717, 1.165) is 0 Å². The maximum Gasteiger partial charge on any atom is 0.453 e. The van der Waals surface area contributed by atoms with Crippen molar-refractivity contribution in [3.8, 4) is 11.5 Å². The molecule has 1 saturated heterocycles. The van der Waals surface area contributed by atoms with Gasteiger partial charge < -0.3 is 19.5 Å². The second-order valence-electron chi connectivity index (χ2n) is 10.9. The molecule has 1 N–H and O–H groups in total. The number of halogens is 6. The molecule has 2 aliphatic rings. The van der Waals surface area contributed by atoms with Crippen LogP contribution in [0.15, 0.2) is 42.9 Å². The molecule has 0 saturated carbocycles. The molecule has 0 aliphatic carbocycles. The molecule has 1 unspecified atom stereocenters. The van der Waals surface area contributed by atoms with Crippen LogP contribution in [0.1, 0.15) is 30.2 Å². The van der Waals surface area contributed by atoms with E-state index in [9.17, 15) is 31.1 Å². The highest BCUT2D eigenvalue weighted by Crippen LogP contribution is 2.47. The van der Waals surface area contributed by atoms with Gasteiger partial charge >= 0.3 is 12.1 Å². The Balaban J connectivity index is 1.48. The van der Waals surface area contributed by atoms with Gasteiger partial charge in [-0.25, -0.2) is 24.3 Å². The Labute approximate surface area is 241 Å². The Bertz CT molecular complexity index is 1700. The minimum atomic E-state index is -5.70. The number of fused-ring (bicyclic) bond motifs is 2. The molecule has 6 rings (SSSR count). The number of aromatic nitrogens is 5. The first-order valence-corrected chi connectivity index (χ1v) is 13.5. The Morgan fingerprint density at radius 1 is 1.00 bits per heavy atom. The third-order valence-electron chi connectivity index (χ3n) is 8.06. The normalized spacial score (nSPS) is 19.6. The van der Waals surface area contributed by atoms with Crippen LogP contribution in [-0.2, 0) is 16.6 Å². The number of amides is 1. The van der Waals surface area contributed by atoms with E-state index >= 15 is 0 Å². The van der Waals surface area contributed by atoms with E-state index in [4.69, 9.17) is 4.98 Å². The fourth-order valence-corrected chi connectivity index (χ4v) is 5.46. The summed E-state index contributed by atoms with van der Waals surface area (Å²) in [7, 11) is 1.98. The van der Waals surface area contributed by atoms with Crippen molar-refractivity contribution >= 4 is 23.2 Å². The third kappa shape index (κ3) is 4.94. The number of benzene rings is 1. The number of aryl methyl sites for hydroxylation is 1. The van der Waals surface area contributed by atoms with Gasteiger partial charge in [-0.2, -0.15) is 22.0 Å². The van der Waals surface area contributed by atoms with E-state index in [1.165, 1.54) is 47.3 Å². The summed E-state index contributed by atoms with van der Waals surface area (Å²) in [5.41, 5.74) is -0.111. The molecule has 3 aromatic heterocycles. The number of hydrogen-bond acceptors (Lipinski definition) is 7. The summed E-state index contributed by atoms with van der Waals surface area (Å²) in [6.07, 6.45) is -3.55. The first kappa shape index (κ1) is 28.8. The topological polar surface area (TPSA) is 91.6 Å². The molecule has 1 amide bonds. The van der Waals surface area contributed by atoms with Gasteiger partial charge in [0.15, 0.2) is 11.5 Å². The molecule has 2 aliphatic heterocycles. The summed E-state index contributed by atoms with van der Waals surface area (Å²) in [6, 6.07) is 5.60. The van der Waals surface area contributed by atoms with Gasteiger partial charge in [0.25, 0.3) is 0 Å². The highest BCUT2D eigenvalue weighted by Gasteiger charge is 2.56. The van der Waals surface area contributed by atoms with Gasteiger partial charge in [0.05, 0.1) is 11.3 Å². The smallest absolute Gasteiger partial charge is 0.354 e. The summed E-state index contributed by atoms with van der Waals surface area (Å²) in [6.45, 7) is 4.26. The zero-order chi connectivity index (χ0) is 30.7. The highest BCUT2D eigenvalue weighted by molar-refractivity contribution is 6.09. The van der Waals surface area contributed by atoms with Gasteiger partial charge in [-0.05, 0) is 38.1 Å². The van der Waals surface area contributed by atoms with E-state index in [1.54, 1.807) is 6.92 Å². The fourth-order valence-electron chi connectivity index (χ4n) is 5.46. The minimum absolute atomic E-state index is 0.0377. The molecule has 43 heavy (non-hydrogen) atoms. The lowest BCUT2D eigenvalue weighted by Gasteiger charge is -2.36. The molecule has 9 nitrogen and oxygen atoms in total. The number of hydrogen-bond donors (Lipinski definition) is 1. The van der Waals surface area contributed by atoms with E-state index < -0.39 is 42.1 Å². The van der Waals surface area contributed by atoms with Crippen molar-refractivity contribution in [2.45, 2.75) is 37.3 Å². The number of carbonyl (C=O) groups excluding carboxylic acids is 1. The number of anilines is 2. The number of carbonyl (C=O) groups is 1. The highest BCUT2D eigenvalue weighted by atomic mass is 19.4. The Kier molecular flexibility index (Phi) is 6.82. The van der Waals surface area contributed by atoms with Crippen LogP contribution >= 0.6 is 0 Å². The summed E-state index contributed by atoms with van der Waals surface area (Å²) < 4.78 is 81.5. The van der Waals surface area contributed by atoms with E-state index in [-0.39, 0.29) is 28.7 Å². The molecular weight excluding hydrogens is 578 g/mol. The van der Waals surface area contributed by atoms with Gasteiger partial charge in [-0.3, -0.25) is 4.79 Å². The predicted molar refractivity (Wildman–Crippen MR) is 145 cm³/mol. The van der Waals surface area contributed by atoms with Crippen LogP contribution in [0.5, 0.6) is 0 Å². The Morgan fingerprint density at radius 2 is 1.70 bits per heavy atom. The summed E-state index contributed by atoms with van der Waals surface area (Å²) in [4.78, 5) is 35.6. The summed E-state index contributed by atoms with van der Waals surface area (Å²) in [5, 5.41) is 2.82. The van der Waals surface area contributed by atoms with Crippen LogP contribution in [0.25, 0.3) is 17.2 Å². The largest absolute Gasteiger partial charge is 0.453 e. The minimum Gasteiger partial charge on any atom is -0.354 e. The number of alkyl halides is 5. The molecule has 4 aromatic rings. The third-order valence-corrected chi connectivity index (χ3v) is 8.06. The van der Waals surface area contributed by atoms with Crippen molar-refractivity contribution in [3.05, 3.63) is 65.5 Å². The van der Waals surface area contributed by atoms with Crippen LogP contribution in [0.3, 0.4) is 0 Å². The fraction of sp³-hybridized carbons (Fsp3) is 0.393. The van der Waals surface area contributed by atoms with Crippen LogP contribution in [0.2, 0.25) is 0 Å². The SMILES string of the molecule is CN1CCN(c2nc(-c3cn4ccnc4c(CCC(F)(F)C(F)(F)F)n3)nc3c2C(C)(c2ccc(F)cc2)C(=O)N3)CC1. The van der Waals surface area contributed by atoms with Crippen molar-refractivity contribution in [1.82, 2.24) is 29.2 Å². The quantitative estimate of drug-likeness (QED) is 0.325. The van der Waals surface area contributed by atoms with E-state index in [0.29, 0.717) is 43.1 Å². The molecule has 5 heterocycles. The second kappa shape index (κ2) is 10.2. The lowest BCUT2D eigenvalue weighted by molar-refractivity contribution is -0.284. The molecule has 0 radical (unpaired) electrons. The van der Waals surface area contributed by atoms with Gasteiger partial charge in [0, 0.05) is 51.2 Å². The van der Waals surface area contributed by atoms with Crippen molar-refractivity contribution in [2.75, 3.05) is 43.4 Å². The molecule has 1 aromatic carbocycles. The summed E-state index contributed by atoms with van der Waals surface area (Å²) >= 11 is 0. The maximum atomic E-state index is 13.8. The number of imidazole rings is 1. The van der Waals surface area contributed by atoms with Crippen molar-refractivity contribution < 1.29 is 31.1 Å². The number of rotatable bonds is 6. The summed E-state index contributed by atoms with van der Waals surface area (Å²) in [5.74, 6) is -5.09. The molecule has 226 valence electrons. The number of piperazine rings is 1. The standard InChI is InChI=1S/C28H26F6N8O/c1-26(16-3-5-17(29)6-4-16)20-22(39-25(26)43)37-21(38-24(20)41-13-11-40(2)12-14-41)19-15-42-10-9-35-23(42)18(36-19)7-8-27(30,31)28(32,33)34/h3-6,9-10,15H,7-8,11-14H2,1-2H3,(H,37,38,39,43). The second-order valence-corrected chi connectivity index (χ2v) is 10.9. The van der Waals surface area contributed by atoms with E-state index in [1.807, 2.05) is 11.9 Å². The molecule has 0 spiro atoms. The monoisotopic (exact) mass is 604 g/mol. The molecular formula is C28H26F6N8O. The van der Waals surface area contributed by atoms with Crippen LogP contribution in [-0.4, -0.2) is 80.5 Å². The predicted octanol–water partition coefficient (Wildman–Crippen LogP) is 4.47. The molecule has 1 fully saturated rings. The zero-order valence-corrected chi connectivity index (χ0v) is 23.1. The van der Waals surface area contributed by atoms with Gasteiger partial charge in [0.1, 0.15) is 28.6 Å². The Morgan fingerprint density at radius 3 is 2.37 bits per heavy atom. The van der Waals surface area contributed by atoms with Gasteiger partial charge in [-0.1, -0.05) is 12.1 Å².